The first-order chi connectivity index (χ1) is 11.5. The van der Waals surface area contributed by atoms with Crippen LogP contribution in [0.15, 0.2) is 17.3 Å². The number of carbonyl (C=O) groups excluding carboxylic acids is 1. The van der Waals surface area contributed by atoms with Gasteiger partial charge in [-0.3, -0.25) is 9.48 Å². The highest BCUT2D eigenvalue weighted by molar-refractivity contribution is 14.0. The minimum absolute atomic E-state index is 0. The largest absolute Gasteiger partial charge is 0.353 e. The molecule has 1 amide bonds. The van der Waals surface area contributed by atoms with E-state index in [-0.39, 0.29) is 36.4 Å². The molecule has 3 unspecified atom stereocenters. The molecule has 0 spiro atoms. The second-order valence-corrected chi connectivity index (χ2v) is 7.21. The number of carbonyl (C=O) groups is 1. The molecule has 1 aromatic heterocycles. The number of hydrogen-bond donors (Lipinski definition) is 2. The summed E-state index contributed by atoms with van der Waals surface area (Å²) in [6, 6.07) is 2.44. The topological polar surface area (TPSA) is 74.5 Å². The molecule has 1 heterocycles. The van der Waals surface area contributed by atoms with Crippen molar-refractivity contribution in [1.82, 2.24) is 25.3 Å². The van der Waals surface area contributed by atoms with Crippen LogP contribution in [-0.4, -0.2) is 53.2 Å². The number of nitrogens with zero attached hydrogens (tertiary/aromatic N) is 4. The fraction of sp³-hybridized carbons (Fsp3) is 0.706. The van der Waals surface area contributed by atoms with Crippen LogP contribution < -0.4 is 10.6 Å². The van der Waals surface area contributed by atoms with Crippen LogP contribution in [0.25, 0.3) is 0 Å². The summed E-state index contributed by atoms with van der Waals surface area (Å²) >= 11 is 0. The summed E-state index contributed by atoms with van der Waals surface area (Å²) in [7, 11) is 5.42. The molecule has 0 aromatic carbocycles. The molecule has 2 aliphatic rings. The number of likely N-dealkylation sites (N-methyl/N-ethyl adjacent to an activating group) is 1. The van der Waals surface area contributed by atoms with E-state index >= 15 is 0 Å². The highest BCUT2D eigenvalue weighted by Crippen LogP contribution is 2.44. The highest BCUT2D eigenvalue weighted by atomic mass is 127. The van der Waals surface area contributed by atoms with E-state index in [1.54, 1.807) is 23.7 Å². The first-order valence-electron chi connectivity index (χ1n) is 8.75. The zero-order chi connectivity index (χ0) is 17.1. The van der Waals surface area contributed by atoms with Crippen molar-refractivity contribution >= 4 is 35.8 Å². The van der Waals surface area contributed by atoms with Crippen molar-refractivity contribution in [3.63, 3.8) is 0 Å². The van der Waals surface area contributed by atoms with E-state index in [0.29, 0.717) is 18.5 Å². The van der Waals surface area contributed by atoms with Gasteiger partial charge in [0.15, 0.2) is 5.96 Å². The normalized spacial score (nSPS) is 24.8. The Morgan fingerprint density at radius 2 is 2.20 bits per heavy atom. The van der Waals surface area contributed by atoms with E-state index in [1.807, 2.05) is 19.3 Å². The van der Waals surface area contributed by atoms with Gasteiger partial charge in [-0.05, 0) is 37.2 Å². The summed E-state index contributed by atoms with van der Waals surface area (Å²) in [5.74, 6) is 2.37. The van der Waals surface area contributed by atoms with Gasteiger partial charge in [-0.1, -0.05) is 6.42 Å². The fourth-order valence-electron chi connectivity index (χ4n) is 3.77. The predicted octanol–water partition coefficient (Wildman–Crippen LogP) is 1.35. The standard InChI is InChI=1S/C17H28N6O.HI/c1-22(2)16(24)11-19-17(18-10-14-6-7-23(3)21-14)20-15-9-12-4-5-13(15)8-12;/h6-7,12-13,15H,4-5,8-11H2,1-3H3,(H2,18,19,20);1H. The molecular formula is C17H29IN6O. The molecule has 2 saturated carbocycles. The zero-order valence-corrected chi connectivity index (χ0v) is 17.6. The third-order valence-electron chi connectivity index (χ3n) is 5.13. The van der Waals surface area contributed by atoms with Gasteiger partial charge in [-0.15, -0.1) is 24.0 Å². The van der Waals surface area contributed by atoms with Crippen molar-refractivity contribution in [3.8, 4) is 0 Å². The Balaban J connectivity index is 0.00000225. The van der Waals surface area contributed by atoms with Crippen LogP contribution in [0.1, 0.15) is 31.4 Å². The molecule has 8 heteroatoms. The number of nitrogens with one attached hydrogen (secondary N) is 2. The molecule has 2 N–H and O–H groups in total. The molecule has 1 aromatic rings. The number of aliphatic imine (C=N–C) groups is 1. The van der Waals surface area contributed by atoms with Gasteiger partial charge < -0.3 is 15.5 Å². The van der Waals surface area contributed by atoms with E-state index in [1.165, 1.54) is 25.7 Å². The number of aryl methyl sites for hydroxylation is 1. The number of aromatic nitrogens is 2. The molecule has 7 nitrogen and oxygen atoms in total. The Morgan fingerprint density at radius 1 is 1.40 bits per heavy atom. The van der Waals surface area contributed by atoms with Gasteiger partial charge in [0.1, 0.15) is 0 Å². The summed E-state index contributed by atoms with van der Waals surface area (Å²) in [4.78, 5) is 18.1. The Bertz CT molecular complexity index is 614. The van der Waals surface area contributed by atoms with E-state index in [0.717, 1.165) is 17.5 Å². The highest BCUT2D eigenvalue weighted by Gasteiger charge is 2.39. The van der Waals surface area contributed by atoms with Crippen molar-refractivity contribution < 1.29 is 4.79 Å². The Hall–Kier alpha value is -1.32. The smallest absolute Gasteiger partial charge is 0.241 e. The molecule has 2 bridgehead atoms. The first-order valence-corrected chi connectivity index (χ1v) is 8.75. The van der Waals surface area contributed by atoms with Crippen molar-refractivity contribution in [3.05, 3.63) is 18.0 Å². The van der Waals surface area contributed by atoms with Crippen LogP contribution in [0.4, 0.5) is 0 Å². The monoisotopic (exact) mass is 460 g/mol. The lowest BCUT2D eigenvalue weighted by Gasteiger charge is -2.25. The van der Waals surface area contributed by atoms with Gasteiger partial charge in [0.2, 0.25) is 5.91 Å². The van der Waals surface area contributed by atoms with Crippen molar-refractivity contribution in [1.29, 1.82) is 0 Å². The molecule has 140 valence electrons. The molecular weight excluding hydrogens is 431 g/mol. The molecule has 25 heavy (non-hydrogen) atoms. The van der Waals surface area contributed by atoms with Gasteiger partial charge in [0.25, 0.3) is 0 Å². The molecule has 3 rings (SSSR count). The zero-order valence-electron chi connectivity index (χ0n) is 15.2. The average Bonchev–Trinajstić information content (AvgIpc) is 3.26. The maximum atomic E-state index is 11.9. The fourth-order valence-corrected chi connectivity index (χ4v) is 3.77. The number of halogens is 1. The van der Waals surface area contributed by atoms with E-state index < -0.39 is 0 Å². The summed E-state index contributed by atoms with van der Waals surface area (Å²) < 4.78 is 1.77. The third kappa shape index (κ3) is 5.32. The van der Waals surface area contributed by atoms with Crippen LogP contribution in [0.3, 0.4) is 0 Å². The Kier molecular flexibility index (Phi) is 7.09. The molecule has 0 saturated heterocycles. The van der Waals surface area contributed by atoms with Crippen molar-refractivity contribution in [2.24, 2.45) is 23.9 Å². The third-order valence-corrected chi connectivity index (χ3v) is 5.13. The van der Waals surface area contributed by atoms with E-state index in [2.05, 4.69) is 20.7 Å². The summed E-state index contributed by atoms with van der Waals surface area (Å²) in [6.07, 6.45) is 7.15. The lowest BCUT2D eigenvalue weighted by Crippen LogP contribution is -2.48. The second-order valence-electron chi connectivity index (χ2n) is 7.21. The van der Waals surface area contributed by atoms with Crippen molar-refractivity contribution in [2.45, 2.75) is 38.3 Å². The molecule has 3 atom stereocenters. The minimum Gasteiger partial charge on any atom is -0.353 e. The summed E-state index contributed by atoms with van der Waals surface area (Å²) in [5.41, 5.74) is 0.922. The van der Waals surface area contributed by atoms with Crippen LogP contribution >= 0.6 is 24.0 Å². The predicted molar refractivity (Wildman–Crippen MR) is 109 cm³/mol. The maximum absolute atomic E-state index is 11.9. The minimum atomic E-state index is 0. The van der Waals surface area contributed by atoms with Gasteiger partial charge in [-0.2, -0.15) is 5.10 Å². The number of guanidine groups is 1. The van der Waals surface area contributed by atoms with Gasteiger partial charge in [0, 0.05) is 33.4 Å². The second kappa shape index (κ2) is 8.86. The molecule has 0 radical (unpaired) electrons. The molecule has 2 fully saturated rings. The summed E-state index contributed by atoms with van der Waals surface area (Å²) in [6.45, 7) is 0.759. The number of rotatable bonds is 5. The first kappa shape index (κ1) is 20.0. The summed E-state index contributed by atoms with van der Waals surface area (Å²) in [5, 5.41) is 11.1. The average molecular weight is 460 g/mol. The lowest BCUT2D eigenvalue weighted by molar-refractivity contribution is -0.127. The van der Waals surface area contributed by atoms with Gasteiger partial charge >= 0.3 is 0 Å². The molecule has 2 aliphatic carbocycles. The number of fused-ring (bicyclic) bond motifs is 2. The number of hydrogen-bond acceptors (Lipinski definition) is 3. The van der Waals surface area contributed by atoms with Crippen LogP contribution in [0.2, 0.25) is 0 Å². The Labute approximate surface area is 166 Å². The van der Waals surface area contributed by atoms with Crippen molar-refractivity contribution in [2.75, 3.05) is 20.6 Å². The van der Waals surface area contributed by atoms with Crippen LogP contribution in [0, 0.1) is 11.8 Å². The van der Waals surface area contributed by atoms with Gasteiger partial charge in [-0.25, -0.2) is 4.99 Å². The van der Waals surface area contributed by atoms with E-state index in [9.17, 15) is 4.79 Å². The van der Waals surface area contributed by atoms with Crippen LogP contribution in [0.5, 0.6) is 0 Å². The lowest BCUT2D eigenvalue weighted by atomic mass is 9.95. The molecule has 0 aliphatic heterocycles. The van der Waals surface area contributed by atoms with Crippen LogP contribution in [-0.2, 0) is 18.4 Å². The number of amides is 1. The SMILES string of the molecule is CN(C)C(=O)CNC(=NCc1ccn(C)n1)NC1CC2CCC1C2.I. The van der Waals surface area contributed by atoms with E-state index in [4.69, 9.17) is 0 Å². The Morgan fingerprint density at radius 3 is 2.76 bits per heavy atom. The quantitative estimate of drug-likeness (QED) is 0.395. The maximum Gasteiger partial charge on any atom is 0.241 e. The van der Waals surface area contributed by atoms with Gasteiger partial charge in [0.05, 0.1) is 18.8 Å².